The number of rotatable bonds is 5. The molecular formula is C17H15F2N3OS. The monoisotopic (exact) mass is 347 g/mol. The van der Waals surface area contributed by atoms with Gasteiger partial charge in [-0.15, -0.1) is 0 Å². The van der Waals surface area contributed by atoms with Crippen LogP contribution < -0.4 is 5.32 Å². The molecule has 7 heteroatoms. The summed E-state index contributed by atoms with van der Waals surface area (Å²) in [7, 11) is 1.90. The van der Waals surface area contributed by atoms with Crippen LogP contribution in [0.15, 0.2) is 53.4 Å². The quantitative estimate of drug-likeness (QED) is 0.714. The van der Waals surface area contributed by atoms with E-state index in [4.69, 9.17) is 0 Å². The van der Waals surface area contributed by atoms with Crippen molar-refractivity contribution in [3.63, 3.8) is 0 Å². The summed E-state index contributed by atoms with van der Waals surface area (Å²) in [6.07, 6.45) is 0. The van der Waals surface area contributed by atoms with E-state index in [2.05, 4.69) is 10.3 Å². The van der Waals surface area contributed by atoms with Crippen molar-refractivity contribution >= 4 is 28.7 Å². The molecule has 0 spiro atoms. The number of aromatic nitrogens is 2. The van der Waals surface area contributed by atoms with Crippen molar-refractivity contribution in [2.45, 2.75) is 17.2 Å². The van der Waals surface area contributed by atoms with Gasteiger partial charge in [0.25, 0.3) is 11.7 Å². The first-order valence-electron chi connectivity index (χ1n) is 7.28. The van der Waals surface area contributed by atoms with Crippen LogP contribution in [0.3, 0.4) is 0 Å². The first-order chi connectivity index (χ1) is 11.5. The van der Waals surface area contributed by atoms with Crippen molar-refractivity contribution in [1.29, 1.82) is 0 Å². The minimum absolute atomic E-state index is 0.268. The zero-order valence-electron chi connectivity index (χ0n) is 12.9. The van der Waals surface area contributed by atoms with Gasteiger partial charge in [0.15, 0.2) is 0 Å². The van der Waals surface area contributed by atoms with Gasteiger partial charge in [0, 0.05) is 17.5 Å². The molecule has 124 valence electrons. The molecule has 0 atom stereocenters. The number of thioether (sulfide) groups is 1. The Balaban J connectivity index is 1.67. The lowest BCUT2D eigenvalue weighted by Crippen LogP contribution is -2.24. The van der Waals surface area contributed by atoms with E-state index in [0.717, 1.165) is 16.9 Å². The molecule has 3 rings (SSSR count). The van der Waals surface area contributed by atoms with Gasteiger partial charge in [0.2, 0.25) is 0 Å². The minimum Gasteiger partial charge on any atom is -0.345 e. The fraction of sp³-hybridized carbons (Fsp3) is 0.176. The Bertz CT molecular complexity index is 862. The highest BCUT2D eigenvalue weighted by Gasteiger charge is 2.11. The van der Waals surface area contributed by atoms with Crippen LogP contribution in [0.2, 0.25) is 0 Å². The van der Waals surface area contributed by atoms with Gasteiger partial charge >= 0.3 is 0 Å². The Labute approximate surface area is 141 Å². The van der Waals surface area contributed by atoms with E-state index in [0.29, 0.717) is 22.2 Å². The Hall–Kier alpha value is -2.41. The lowest BCUT2D eigenvalue weighted by atomic mass is 10.2. The normalized spacial score (nSPS) is 11.2. The number of fused-ring (bicyclic) bond motifs is 1. The molecule has 0 aliphatic carbocycles. The van der Waals surface area contributed by atoms with Gasteiger partial charge in [-0.05, 0) is 36.4 Å². The average molecular weight is 347 g/mol. The van der Waals surface area contributed by atoms with E-state index in [1.54, 1.807) is 0 Å². The number of benzene rings is 2. The van der Waals surface area contributed by atoms with Gasteiger partial charge in [-0.2, -0.15) is 8.78 Å². The molecule has 1 aromatic heterocycles. The number of carbonyl (C=O) groups excluding carboxylic acids is 1. The number of aryl methyl sites for hydroxylation is 1. The summed E-state index contributed by atoms with van der Waals surface area (Å²) in [5.41, 5.74) is 2.29. The second-order valence-corrected chi connectivity index (χ2v) is 6.22. The van der Waals surface area contributed by atoms with Crippen LogP contribution in [0.4, 0.5) is 8.78 Å². The SMILES string of the molecule is Cn1c(CNC(=O)c2ccc(SC(F)F)cc2)nc2ccccc21. The zero-order chi connectivity index (χ0) is 17.1. The van der Waals surface area contributed by atoms with E-state index in [1.165, 1.54) is 24.3 Å². The number of hydrogen-bond acceptors (Lipinski definition) is 3. The molecule has 0 unspecified atom stereocenters. The van der Waals surface area contributed by atoms with E-state index >= 15 is 0 Å². The Morgan fingerprint density at radius 2 is 1.92 bits per heavy atom. The summed E-state index contributed by atoms with van der Waals surface area (Å²) in [4.78, 5) is 17.1. The van der Waals surface area contributed by atoms with Crippen molar-refractivity contribution in [2.24, 2.45) is 7.05 Å². The molecule has 2 aromatic carbocycles. The van der Waals surface area contributed by atoms with Crippen molar-refractivity contribution in [1.82, 2.24) is 14.9 Å². The molecule has 0 fully saturated rings. The zero-order valence-corrected chi connectivity index (χ0v) is 13.7. The molecule has 0 aliphatic rings. The highest BCUT2D eigenvalue weighted by molar-refractivity contribution is 7.99. The number of alkyl halides is 2. The molecule has 0 aliphatic heterocycles. The highest BCUT2D eigenvalue weighted by Crippen LogP contribution is 2.25. The number of nitrogens with one attached hydrogen (secondary N) is 1. The first-order valence-corrected chi connectivity index (χ1v) is 8.16. The van der Waals surface area contributed by atoms with Crippen LogP contribution in [-0.4, -0.2) is 21.2 Å². The summed E-state index contributed by atoms with van der Waals surface area (Å²) in [6, 6.07) is 13.8. The molecule has 1 N–H and O–H groups in total. The van der Waals surface area contributed by atoms with Crippen molar-refractivity contribution in [3.05, 3.63) is 59.9 Å². The molecular weight excluding hydrogens is 332 g/mol. The van der Waals surface area contributed by atoms with Crippen LogP contribution in [0.25, 0.3) is 11.0 Å². The van der Waals surface area contributed by atoms with Gasteiger partial charge < -0.3 is 9.88 Å². The van der Waals surface area contributed by atoms with Gasteiger partial charge in [-0.1, -0.05) is 23.9 Å². The third-order valence-corrected chi connectivity index (χ3v) is 4.35. The van der Waals surface area contributed by atoms with Crippen molar-refractivity contribution in [2.75, 3.05) is 0 Å². The molecule has 4 nitrogen and oxygen atoms in total. The van der Waals surface area contributed by atoms with Crippen LogP contribution in [0, 0.1) is 0 Å². The summed E-state index contributed by atoms with van der Waals surface area (Å²) >= 11 is 0.455. The number of amides is 1. The maximum atomic E-state index is 12.3. The first kappa shape index (κ1) is 16.4. The second-order valence-electron chi connectivity index (χ2n) is 5.16. The van der Waals surface area contributed by atoms with E-state index < -0.39 is 5.76 Å². The fourth-order valence-corrected chi connectivity index (χ4v) is 2.90. The minimum atomic E-state index is -2.47. The third kappa shape index (κ3) is 3.56. The van der Waals surface area contributed by atoms with E-state index in [9.17, 15) is 13.6 Å². The maximum Gasteiger partial charge on any atom is 0.288 e. The van der Waals surface area contributed by atoms with Gasteiger partial charge in [0.05, 0.1) is 17.6 Å². The molecule has 0 bridgehead atoms. The van der Waals surface area contributed by atoms with Gasteiger partial charge in [-0.25, -0.2) is 4.98 Å². The predicted molar refractivity (Wildman–Crippen MR) is 90.2 cm³/mol. The molecule has 0 saturated carbocycles. The maximum absolute atomic E-state index is 12.3. The average Bonchev–Trinajstić information content (AvgIpc) is 2.89. The summed E-state index contributed by atoms with van der Waals surface area (Å²) in [5, 5.41) is 2.80. The van der Waals surface area contributed by atoms with Gasteiger partial charge in [0.1, 0.15) is 5.82 Å². The second kappa shape index (κ2) is 7.00. The topological polar surface area (TPSA) is 46.9 Å². The van der Waals surface area contributed by atoms with Gasteiger partial charge in [-0.3, -0.25) is 4.79 Å². The van der Waals surface area contributed by atoms with Crippen molar-refractivity contribution in [3.8, 4) is 0 Å². The highest BCUT2D eigenvalue weighted by atomic mass is 32.2. The molecule has 1 heterocycles. The van der Waals surface area contributed by atoms with Crippen molar-refractivity contribution < 1.29 is 13.6 Å². The summed E-state index contributed by atoms with van der Waals surface area (Å²) in [6.45, 7) is 0.289. The number of para-hydroxylation sites is 2. The Morgan fingerprint density at radius 1 is 1.21 bits per heavy atom. The molecule has 1 amide bonds. The number of hydrogen-bond donors (Lipinski definition) is 1. The third-order valence-electron chi connectivity index (χ3n) is 3.63. The molecule has 3 aromatic rings. The lowest BCUT2D eigenvalue weighted by Gasteiger charge is -2.06. The Kier molecular flexibility index (Phi) is 4.80. The molecule has 0 radical (unpaired) electrons. The summed E-state index contributed by atoms with van der Waals surface area (Å²) in [5.74, 6) is -1.99. The largest absolute Gasteiger partial charge is 0.345 e. The Morgan fingerprint density at radius 3 is 2.58 bits per heavy atom. The molecule has 0 saturated heterocycles. The van der Waals surface area contributed by atoms with E-state index in [-0.39, 0.29) is 12.5 Å². The predicted octanol–water partition coefficient (Wildman–Crippen LogP) is 3.82. The number of nitrogens with zero attached hydrogens (tertiary/aromatic N) is 2. The number of halogens is 2. The number of imidazole rings is 1. The van der Waals surface area contributed by atoms with E-state index in [1.807, 2.05) is 35.9 Å². The summed E-state index contributed by atoms with van der Waals surface area (Å²) < 4.78 is 26.5. The van der Waals surface area contributed by atoms with Crippen LogP contribution >= 0.6 is 11.8 Å². The number of carbonyl (C=O) groups is 1. The van der Waals surface area contributed by atoms with Crippen LogP contribution in [0.5, 0.6) is 0 Å². The smallest absolute Gasteiger partial charge is 0.288 e. The van der Waals surface area contributed by atoms with Crippen LogP contribution in [-0.2, 0) is 13.6 Å². The fourth-order valence-electron chi connectivity index (χ4n) is 2.40. The molecule has 24 heavy (non-hydrogen) atoms. The standard InChI is InChI=1S/C17H15F2N3OS/c1-22-14-5-3-2-4-13(14)21-15(22)10-20-16(23)11-6-8-12(9-7-11)24-17(18)19/h2-9,17H,10H2,1H3,(H,20,23). The van der Waals surface area contributed by atoms with Crippen LogP contribution in [0.1, 0.15) is 16.2 Å². The lowest BCUT2D eigenvalue weighted by molar-refractivity contribution is 0.0949.